The maximum absolute atomic E-state index is 10.6. The fourth-order valence-electron chi connectivity index (χ4n) is 4.45. The van der Waals surface area contributed by atoms with Gasteiger partial charge in [-0.2, -0.15) is 0 Å². The van der Waals surface area contributed by atoms with E-state index in [0.717, 1.165) is 57.8 Å². The second-order valence-electron chi connectivity index (χ2n) is 9.53. The van der Waals surface area contributed by atoms with Crippen molar-refractivity contribution >= 4 is 62.2 Å². The van der Waals surface area contributed by atoms with Gasteiger partial charge in [-0.05, 0) is 59.0 Å². The van der Waals surface area contributed by atoms with Crippen LogP contribution in [-0.2, 0) is 29.7 Å². The Balaban J connectivity index is 0.000000246. The number of hydrogen-bond donors (Lipinski definition) is 3. The molecule has 0 amide bonds. The zero-order valence-corrected chi connectivity index (χ0v) is 30.1. The fraction of sp³-hybridized carbons (Fsp3) is 0.0588. The first kappa shape index (κ1) is 43.8. The van der Waals surface area contributed by atoms with E-state index in [-0.39, 0.29) is 27.8 Å². The number of carbonyl (C=O) groups is 1. The molecule has 0 unspecified atom stereocenters. The number of carboxylic acid groups (broad SMARTS) is 1. The molecule has 277 valence electrons. The Hall–Kier alpha value is -5.37. The largest absolute Gasteiger partial charge is 2.00 e. The average Bonchev–Trinajstić information content (AvgIpc) is 3.62. The number of halogens is 1. The molecule has 0 aliphatic heterocycles. The number of carboxylic acids is 1. The minimum Gasteiger partial charge on any atom is -0.738 e. The topological polar surface area (TPSA) is 265 Å². The van der Waals surface area contributed by atoms with Gasteiger partial charge in [-0.3, -0.25) is 19.9 Å². The molecular weight excluding hydrogens is 779 g/mol. The summed E-state index contributed by atoms with van der Waals surface area (Å²) in [6, 6.07) is 30.4. The number of hydrogen-bond acceptors (Lipinski definition) is 15. The van der Waals surface area contributed by atoms with Gasteiger partial charge in [-0.15, -0.1) is 15.3 Å². The zero-order valence-electron chi connectivity index (χ0n) is 27.6. The molecule has 53 heavy (non-hydrogen) atoms. The number of pyridine rings is 4. The Morgan fingerprint density at radius 1 is 0.604 bits per heavy atom. The number of aromatic nitrogens is 8. The predicted octanol–water partition coefficient (Wildman–Crippen LogP) is 0.291. The third kappa shape index (κ3) is 13.0. The standard InChI is InChI=1S/2C12H8N2.C8H6N4O2S.2CH4O.ClHO4.Cu/c2*1-3-9-5-6-10-4-2-8-14-12(10)11(9)13-7-1;13-7(14)5-1-3-6(4-2-5)12-8(15)9-10-11-12;2*1-2;2-1(3,4)5;/h2*1-8H;1-4H,(H,13,14)(H,9,11,15);2*2H,1H3;(H,2,3,4,5);/q;;;;;;+2/p-2. The summed E-state index contributed by atoms with van der Waals surface area (Å²) in [5.74, 6) is -0.975. The van der Waals surface area contributed by atoms with Gasteiger partial charge in [0.2, 0.25) is 0 Å². The van der Waals surface area contributed by atoms with Gasteiger partial charge < -0.3 is 27.9 Å². The Kier molecular flexibility index (Phi) is 18.1. The summed E-state index contributed by atoms with van der Waals surface area (Å²) in [7, 11) is -2.94. The van der Waals surface area contributed by atoms with E-state index in [1.54, 1.807) is 36.9 Å². The van der Waals surface area contributed by atoms with Crippen LogP contribution in [0.5, 0.6) is 0 Å². The van der Waals surface area contributed by atoms with Gasteiger partial charge in [-0.25, -0.2) is 28.1 Å². The van der Waals surface area contributed by atoms with Crippen LogP contribution in [0.25, 0.3) is 49.3 Å². The van der Waals surface area contributed by atoms with E-state index in [9.17, 15) is 4.79 Å². The maximum atomic E-state index is 10.6. The average molecular weight is 809 g/mol. The molecule has 16 nitrogen and oxygen atoms in total. The van der Waals surface area contributed by atoms with Gasteiger partial charge >= 0.3 is 23.0 Å². The number of rotatable bonds is 2. The Bertz CT molecular complexity index is 2110. The molecule has 19 heteroatoms. The molecule has 3 aromatic carbocycles. The summed E-state index contributed by atoms with van der Waals surface area (Å²) in [5, 5.41) is 38.1. The van der Waals surface area contributed by atoms with Crippen LogP contribution in [0.4, 0.5) is 0 Å². The van der Waals surface area contributed by atoms with Crippen molar-refractivity contribution in [3.05, 3.63) is 127 Å². The molecule has 0 saturated heterocycles. The molecule has 1 radical (unpaired) electrons. The molecule has 0 saturated carbocycles. The fourth-order valence-corrected chi connectivity index (χ4v) is 4.62. The van der Waals surface area contributed by atoms with Gasteiger partial charge in [0.15, 0.2) is 0 Å². The van der Waals surface area contributed by atoms with Gasteiger partial charge in [-0.1, -0.05) is 48.5 Å². The predicted molar refractivity (Wildman–Crippen MR) is 182 cm³/mol. The molecule has 0 aliphatic rings. The number of nitrogens with zero attached hydrogens (tertiary/aromatic N) is 8. The van der Waals surface area contributed by atoms with Crippen LogP contribution in [0.2, 0.25) is 0 Å². The summed E-state index contributed by atoms with van der Waals surface area (Å²) in [6.45, 7) is 0. The second kappa shape index (κ2) is 21.9. The summed E-state index contributed by atoms with van der Waals surface area (Å²) in [4.78, 5) is 28.0. The van der Waals surface area contributed by atoms with E-state index in [4.69, 9.17) is 46.6 Å². The first-order valence-electron chi connectivity index (χ1n) is 14.6. The number of fused-ring (bicyclic) bond motifs is 6. The van der Waals surface area contributed by atoms with Crippen molar-refractivity contribution in [1.29, 1.82) is 0 Å². The van der Waals surface area contributed by atoms with E-state index >= 15 is 0 Å². The Labute approximate surface area is 319 Å². The van der Waals surface area contributed by atoms with Gasteiger partial charge in [0, 0.05) is 65.7 Å². The zero-order chi connectivity index (χ0) is 38.1. The van der Waals surface area contributed by atoms with Gasteiger partial charge in [0.25, 0.3) is 0 Å². The third-order valence-electron chi connectivity index (χ3n) is 6.49. The summed E-state index contributed by atoms with van der Waals surface area (Å²) < 4.78 is 35.3. The van der Waals surface area contributed by atoms with E-state index in [1.807, 2.05) is 24.3 Å². The van der Waals surface area contributed by atoms with Crippen LogP contribution in [-0.4, -0.2) is 75.7 Å². The van der Waals surface area contributed by atoms with Crippen molar-refractivity contribution in [1.82, 2.24) is 40.1 Å². The summed E-state index contributed by atoms with van der Waals surface area (Å²) >= 11 is 4.86. The summed E-state index contributed by atoms with van der Waals surface area (Å²) in [5.41, 5.74) is 4.75. The van der Waals surface area contributed by atoms with Crippen molar-refractivity contribution in [2.75, 3.05) is 14.2 Å². The minimum absolute atomic E-state index is 0. The van der Waals surface area contributed by atoms with E-state index in [1.165, 1.54) is 16.8 Å². The normalized spacial score (nSPS) is 9.96. The smallest absolute Gasteiger partial charge is 0.738 e. The van der Waals surface area contributed by atoms with Crippen molar-refractivity contribution in [2.24, 2.45) is 0 Å². The molecule has 8 aromatic rings. The van der Waals surface area contributed by atoms with Crippen LogP contribution < -0.4 is 18.6 Å². The minimum atomic E-state index is -4.94. The Morgan fingerprint density at radius 3 is 1.19 bits per heavy atom. The first-order chi connectivity index (χ1) is 25.1. The third-order valence-corrected chi connectivity index (χ3v) is 6.74. The molecule has 0 fully saturated rings. The maximum Gasteiger partial charge on any atom is 2.00 e. The van der Waals surface area contributed by atoms with E-state index in [2.05, 4.69) is 84.0 Å². The first-order valence-corrected chi connectivity index (χ1v) is 16.2. The quantitative estimate of drug-likeness (QED) is 0.120. The van der Waals surface area contributed by atoms with Crippen LogP contribution in [0.15, 0.2) is 127 Å². The van der Waals surface area contributed by atoms with Crippen LogP contribution in [0.1, 0.15) is 10.4 Å². The molecule has 8 rings (SSSR count). The van der Waals surface area contributed by atoms with Crippen molar-refractivity contribution in [3.63, 3.8) is 0 Å². The van der Waals surface area contributed by atoms with Gasteiger partial charge in [0.05, 0.1) is 33.3 Å². The number of aromatic carboxylic acids is 1. The van der Waals surface area contributed by atoms with Crippen molar-refractivity contribution < 1.29 is 66.1 Å². The molecular formula is C34H29ClCuN8O8S. The second-order valence-corrected chi connectivity index (χ2v) is 10.7. The van der Waals surface area contributed by atoms with Crippen LogP contribution in [0.3, 0.4) is 0 Å². The number of aliphatic hydroxyl groups excluding tert-OH is 2. The molecule has 3 N–H and O–H groups in total. The molecule has 0 atom stereocenters. The molecule has 0 bridgehead atoms. The number of tetrazole rings is 1. The van der Waals surface area contributed by atoms with Crippen molar-refractivity contribution in [3.8, 4) is 5.69 Å². The van der Waals surface area contributed by atoms with Crippen LogP contribution in [0, 0.1) is 10.2 Å². The van der Waals surface area contributed by atoms with Gasteiger partial charge in [0.1, 0.15) is 0 Å². The van der Waals surface area contributed by atoms with Crippen LogP contribution >= 0.6 is 0 Å². The van der Waals surface area contributed by atoms with E-state index < -0.39 is 16.2 Å². The number of aliphatic hydroxyl groups is 2. The molecule has 5 aromatic heterocycles. The monoisotopic (exact) mass is 807 g/mol. The molecule has 0 spiro atoms. The molecule has 5 heterocycles. The number of benzene rings is 3. The van der Waals surface area contributed by atoms with Crippen molar-refractivity contribution in [2.45, 2.75) is 5.16 Å². The van der Waals surface area contributed by atoms with E-state index in [0.29, 0.717) is 5.69 Å². The molecule has 0 aliphatic carbocycles. The Morgan fingerprint density at radius 2 is 0.925 bits per heavy atom. The summed E-state index contributed by atoms with van der Waals surface area (Å²) in [6.07, 6.45) is 7.21. The SMILES string of the molecule is CO.CO.O=C(O)c1ccc(-n2nnnc2[S-])cc1.[Cu+2].[O-][Cl+3]([O-])([O-])[O-].c1cnc2c(c1)ccc1cccnc12.c1cnc2c(c1)ccc1cccnc12.